The van der Waals surface area contributed by atoms with E-state index in [1.54, 1.807) is 0 Å². The molecule has 4 N–H and O–H groups in total. The minimum atomic E-state index is -0.185. The first-order valence-corrected chi connectivity index (χ1v) is 5.30. The highest BCUT2D eigenvalue weighted by molar-refractivity contribution is 5.92. The molecule has 0 aliphatic heterocycles. The van der Waals surface area contributed by atoms with Crippen LogP contribution in [0.4, 0.5) is 5.82 Å². The molecule has 6 nitrogen and oxygen atoms in total. The fourth-order valence-corrected chi connectivity index (χ4v) is 1.51. The van der Waals surface area contributed by atoms with E-state index in [-0.39, 0.29) is 11.9 Å². The van der Waals surface area contributed by atoms with Crippen molar-refractivity contribution < 1.29 is 4.79 Å². The normalized spacial score (nSPS) is 16.6. The van der Waals surface area contributed by atoms with Gasteiger partial charge in [-0.1, -0.05) is 0 Å². The molecular formula is C10H15N5O. The fraction of sp³-hybridized carbons (Fsp3) is 0.500. The van der Waals surface area contributed by atoms with Crippen LogP contribution in [0.3, 0.4) is 0 Å². The summed E-state index contributed by atoms with van der Waals surface area (Å²) in [6.45, 7) is 2.01. The van der Waals surface area contributed by atoms with Gasteiger partial charge in [0.2, 0.25) is 0 Å². The summed E-state index contributed by atoms with van der Waals surface area (Å²) >= 11 is 0. The van der Waals surface area contributed by atoms with E-state index in [1.807, 2.05) is 6.92 Å². The molecule has 1 saturated carbocycles. The summed E-state index contributed by atoms with van der Waals surface area (Å²) in [6, 6.07) is 0.210. The van der Waals surface area contributed by atoms with E-state index in [0.717, 1.165) is 0 Å². The number of carbonyl (C=O) groups excluding carboxylic acids is 1. The lowest BCUT2D eigenvalue weighted by Gasteiger charge is -2.11. The molecule has 0 bridgehead atoms. The van der Waals surface area contributed by atoms with Gasteiger partial charge in [0.15, 0.2) is 5.82 Å². The van der Waals surface area contributed by atoms with Gasteiger partial charge in [0.25, 0.3) is 5.91 Å². The number of nitrogens with one attached hydrogen (secondary N) is 2. The summed E-state index contributed by atoms with van der Waals surface area (Å²) in [5, 5.41) is 2.90. The van der Waals surface area contributed by atoms with Gasteiger partial charge in [-0.05, 0) is 25.7 Å². The lowest BCUT2D eigenvalue weighted by atomic mass is 10.2. The summed E-state index contributed by atoms with van der Waals surface area (Å²) < 4.78 is 0. The van der Waals surface area contributed by atoms with Gasteiger partial charge in [0, 0.05) is 6.04 Å². The number of aromatic nitrogens is 2. The molecule has 1 amide bonds. The maximum atomic E-state index is 11.7. The zero-order valence-corrected chi connectivity index (χ0v) is 9.10. The second-order valence-electron chi connectivity index (χ2n) is 4.03. The summed E-state index contributed by atoms with van der Waals surface area (Å²) in [4.78, 5) is 19.6. The number of hydrogen-bond donors (Lipinski definition) is 3. The molecule has 0 radical (unpaired) electrons. The number of carbonyl (C=O) groups is 1. The predicted octanol–water partition coefficient (Wildman–Crippen LogP) is 0.291. The Morgan fingerprint density at radius 2 is 2.25 bits per heavy atom. The molecule has 1 unspecified atom stereocenters. The van der Waals surface area contributed by atoms with Crippen LogP contribution in [0.2, 0.25) is 0 Å². The SMILES string of the molecule is CC(NC(=O)c1cnc(NN)cn1)C1CC1. The minimum Gasteiger partial charge on any atom is -0.348 e. The van der Waals surface area contributed by atoms with Crippen molar-refractivity contribution in [3.8, 4) is 0 Å². The van der Waals surface area contributed by atoms with E-state index in [9.17, 15) is 4.79 Å². The number of hydrogen-bond acceptors (Lipinski definition) is 5. The lowest BCUT2D eigenvalue weighted by molar-refractivity contribution is 0.0930. The van der Waals surface area contributed by atoms with Gasteiger partial charge in [-0.15, -0.1) is 0 Å². The Hall–Kier alpha value is -1.69. The number of anilines is 1. The Morgan fingerprint density at radius 3 is 2.75 bits per heavy atom. The van der Waals surface area contributed by atoms with Crippen molar-refractivity contribution in [2.75, 3.05) is 5.43 Å². The van der Waals surface area contributed by atoms with Crippen LogP contribution in [0.1, 0.15) is 30.3 Å². The monoisotopic (exact) mass is 221 g/mol. The van der Waals surface area contributed by atoms with Gasteiger partial charge in [-0.2, -0.15) is 0 Å². The number of rotatable bonds is 4. The average Bonchev–Trinajstić information content (AvgIpc) is 3.13. The molecule has 1 heterocycles. The number of nitrogens with two attached hydrogens (primary N) is 1. The quantitative estimate of drug-likeness (QED) is 0.502. The largest absolute Gasteiger partial charge is 0.348 e. The Bertz CT molecular complexity index is 373. The van der Waals surface area contributed by atoms with E-state index in [4.69, 9.17) is 5.84 Å². The third-order valence-corrected chi connectivity index (χ3v) is 2.72. The van der Waals surface area contributed by atoms with Gasteiger partial charge in [0.05, 0.1) is 12.4 Å². The number of amides is 1. The minimum absolute atomic E-state index is 0.185. The van der Waals surface area contributed by atoms with Crippen molar-refractivity contribution in [3.63, 3.8) is 0 Å². The van der Waals surface area contributed by atoms with Crippen LogP contribution >= 0.6 is 0 Å². The molecule has 1 aliphatic rings. The van der Waals surface area contributed by atoms with Crippen LogP contribution in [0.5, 0.6) is 0 Å². The standard InChI is InChI=1S/C10H15N5O/c1-6(7-2-3-7)14-10(16)8-4-13-9(15-11)5-12-8/h4-7H,2-3,11H2,1H3,(H,13,15)(H,14,16). The summed E-state index contributed by atoms with van der Waals surface area (Å²) in [5.74, 6) is 6.03. The first kappa shape index (κ1) is 10.8. The van der Waals surface area contributed by atoms with Gasteiger partial charge in [-0.25, -0.2) is 15.8 Å². The first-order chi connectivity index (χ1) is 7.70. The number of hydrazine groups is 1. The third-order valence-electron chi connectivity index (χ3n) is 2.72. The van der Waals surface area contributed by atoms with Crippen molar-refractivity contribution in [1.29, 1.82) is 0 Å². The molecule has 1 aliphatic carbocycles. The molecule has 1 aromatic rings. The van der Waals surface area contributed by atoms with Crippen molar-refractivity contribution >= 4 is 11.7 Å². The summed E-state index contributed by atoms with van der Waals surface area (Å²) in [6.07, 6.45) is 5.23. The topological polar surface area (TPSA) is 92.9 Å². The highest BCUT2D eigenvalue weighted by Crippen LogP contribution is 2.32. The zero-order chi connectivity index (χ0) is 11.5. The van der Waals surface area contributed by atoms with Crippen molar-refractivity contribution in [2.45, 2.75) is 25.8 Å². The molecule has 0 aromatic carbocycles. The zero-order valence-electron chi connectivity index (χ0n) is 9.10. The molecular weight excluding hydrogens is 206 g/mol. The molecule has 0 saturated heterocycles. The summed E-state index contributed by atoms with van der Waals surface area (Å²) in [5.41, 5.74) is 2.67. The van der Waals surface area contributed by atoms with E-state index < -0.39 is 0 Å². The number of nitrogens with zero attached hydrogens (tertiary/aromatic N) is 2. The van der Waals surface area contributed by atoms with Gasteiger partial charge in [-0.3, -0.25) is 4.79 Å². The van der Waals surface area contributed by atoms with Crippen LogP contribution in [-0.4, -0.2) is 21.9 Å². The fourth-order valence-electron chi connectivity index (χ4n) is 1.51. The van der Waals surface area contributed by atoms with Crippen LogP contribution < -0.4 is 16.6 Å². The Balaban J connectivity index is 1.96. The van der Waals surface area contributed by atoms with Crippen molar-refractivity contribution in [2.24, 2.45) is 11.8 Å². The van der Waals surface area contributed by atoms with Gasteiger partial charge in [0.1, 0.15) is 5.69 Å². The van der Waals surface area contributed by atoms with Crippen LogP contribution in [0.15, 0.2) is 12.4 Å². The number of nitrogen functional groups attached to an aromatic ring is 1. The lowest BCUT2D eigenvalue weighted by Crippen LogP contribution is -2.34. The maximum absolute atomic E-state index is 11.7. The molecule has 86 valence electrons. The van der Waals surface area contributed by atoms with E-state index in [1.165, 1.54) is 25.2 Å². The second kappa shape index (κ2) is 4.44. The highest BCUT2D eigenvalue weighted by Gasteiger charge is 2.29. The average molecular weight is 221 g/mol. The molecule has 1 aromatic heterocycles. The Morgan fingerprint density at radius 1 is 1.50 bits per heavy atom. The molecule has 1 atom stereocenters. The van der Waals surface area contributed by atoms with E-state index >= 15 is 0 Å². The molecule has 0 spiro atoms. The first-order valence-electron chi connectivity index (χ1n) is 5.30. The smallest absolute Gasteiger partial charge is 0.271 e. The third kappa shape index (κ3) is 2.46. The van der Waals surface area contributed by atoms with Crippen LogP contribution in [-0.2, 0) is 0 Å². The summed E-state index contributed by atoms with van der Waals surface area (Å²) in [7, 11) is 0. The van der Waals surface area contributed by atoms with Crippen molar-refractivity contribution in [1.82, 2.24) is 15.3 Å². The van der Waals surface area contributed by atoms with Crippen LogP contribution in [0, 0.1) is 5.92 Å². The van der Waals surface area contributed by atoms with E-state index in [0.29, 0.717) is 17.4 Å². The molecule has 2 rings (SSSR count). The Kier molecular flexibility index (Phi) is 3.00. The Labute approximate surface area is 93.6 Å². The molecule has 1 fully saturated rings. The van der Waals surface area contributed by atoms with Crippen LogP contribution in [0.25, 0.3) is 0 Å². The second-order valence-corrected chi connectivity index (χ2v) is 4.03. The maximum Gasteiger partial charge on any atom is 0.271 e. The molecule has 16 heavy (non-hydrogen) atoms. The van der Waals surface area contributed by atoms with Gasteiger partial charge < -0.3 is 10.7 Å². The van der Waals surface area contributed by atoms with Gasteiger partial charge >= 0.3 is 0 Å². The predicted molar refractivity (Wildman–Crippen MR) is 59.5 cm³/mol. The molecule has 6 heteroatoms. The van der Waals surface area contributed by atoms with E-state index in [2.05, 4.69) is 20.7 Å². The highest BCUT2D eigenvalue weighted by atomic mass is 16.1. The van der Waals surface area contributed by atoms with Crippen molar-refractivity contribution in [3.05, 3.63) is 18.1 Å².